The number of benzene rings is 1. The van der Waals surface area contributed by atoms with Gasteiger partial charge in [0.25, 0.3) is 0 Å². The summed E-state index contributed by atoms with van der Waals surface area (Å²) in [6.45, 7) is 7.54. The minimum Gasteiger partial charge on any atom is -0.496 e. The Morgan fingerprint density at radius 2 is 1.67 bits per heavy atom. The number of alkyl halides is 3. The smallest absolute Gasteiger partial charge is 0.431 e. The van der Waals surface area contributed by atoms with Crippen molar-refractivity contribution in [2.75, 3.05) is 27.4 Å². The Morgan fingerprint density at radius 1 is 1.18 bits per heavy atom. The van der Waals surface area contributed by atoms with Gasteiger partial charge >= 0.3 is 6.18 Å². The highest BCUT2D eigenvalue weighted by atomic mass is 19.4. The normalized spacial score (nSPS) is 13.2. The third kappa shape index (κ3) is 10.7. The van der Waals surface area contributed by atoms with E-state index in [1.807, 2.05) is 27.7 Å². The summed E-state index contributed by atoms with van der Waals surface area (Å²) >= 11 is 0. The zero-order valence-corrected chi connectivity index (χ0v) is 19.9. The number of nitrogens with two attached hydrogens (primary N) is 2. The maximum Gasteiger partial charge on any atom is 0.431 e. The predicted octanol–water partition coefficient (Wildman–Crippen LogP) is 4.09. The molecule has 0 bridgehead atoms. The number of rotatable bonds is 5. The number of allylic oxidation sites excluding steroid dienone is 3. The molecule has 0 aromatic heterocycles. The van der Waals surface area contributed by atoms with Crippen LogP contribution in [0.15, 0.2) is 53.1 Å². The molecule has 0 atom stereocenters. The van der Waals surface area contributed by atoms with Gasteiger partial charge in [0.2, 0.25) is 0 Å². The molecule has 0 unspecified atom stereocenters. The molecule has 1 aromatic carbocycles. The Kier molecular flexibility index (Phi) is 16.7. The number of methoxy groups -OCH3 is 1. The summed E-state index contributed by atoms with van der Waals surface area (Å²) in [5.74, 6) is 4.29. The molecule has 190 valence electrons. The largest absolute Gasteiger partial charge is 0.496 e. The van der Waals surface area contributed by atoms with Crippen molar-refractivity contribution in [1.82, 2.24) is 10.3 Å². The zero-order valence-electron chi connectivity index (χ0n) is 19.9. The van der Waals surface area contributed by atoms with Crippen molar-refractivity contribution in [2.45, 2.75) is 40.3 Å². The number of hydrogen-bond acceptors (Lipinski definition) is 6. The highest BCUT2D eigenvalue weighted by molar-refractivity contribution is 5.43. The molecule has 0 amide bonds. The second kappa shape index (κ2) is 16.9. The lowest BCUT2D eigenvalue weighted by Crippen LogP contribution is -2.35. The minimum absolute atomic E-state index is 0.0337. The van der Waals surface area contributed by atoms with Crippen molar-refractivity contribution in [3.8, 4) is 0 Å². The number of dihydropyridines is 1. The van der Waals surface area contributed by atoms with Gasteiger partial charge < -0.3 is 25.9 Å². The Balaban J connectivity index is 0. The Bertz CT molecular complexity index is 771. The molecule has 0 saturated carbocycles. The summed E-state index contributed by atoms with van der Waals surface area (Å²) in [6, 6.07) is 3.49. The van der Waals surface area contributed by atoms with Crippen LogP contribution in [0.25, 0.3) is 0 Å². The average molecular weight is 483 g/mol. The summed E-state index contributed by atoms with van der Waals surface area (Å²) < 4.78 is 71.2. The van der Waals surface area contributed by atoms with Gasteiger partial charge in [0.1, 0.15) is 23.1 Å². The van der Waals surface area contributed by atoms with Crippen molar-refractivity contribution in [2.24, 2.45) is 11.6 Å². The molecule has 2 rings (SSSR count). The molecule has 1 aromatic rings. The van der Waals surface area contributed by atoms with Gasteiger partial charge in [-0.15, -0.1) is 0 Å². The lowest BCUT2D eigenvalue weighted by molar-refractivity contribution is -0.0970. The van der Waals surface area contributed by atoms with Crippen LogP contribution in [-0.2, 0) is 11.2 Å². The first-order valence-electron chi connectivity index (χ1n) is 10.3. The molecule has 1 aliphatic rings. The number of ether oxygens (including phenoxy) is 1. The Hall–Kier alpha value is -2.63. The number of nitrogens with one attached hydrogen (secondary N) is 1. The van der Waals surface area contributed by atoms with Crippen molar-refractivity contribution in [3.63, 3.8) is 0 Å². The van der Waals surface area contributed by atoms with Crippen LogP contribution in [-0.4, -0.2) is 43.7 Å². The number of aliphatic hydroxyl groups excluding tert-OH is 1. The molecule has 11 heteroatoms. The summed E-state index contributed by atoms with van der Waals surface area (Å²) in [7, 11) is 2.70. The van der Waals surface area contributed by atoms with Crippen molar-refractivity contribution in [1.29, 1.82) is 0 Å². The van der Waals surface area contributed by atoms with Crippen LogP contribution in [0, 0.1) is 11.6 Å². The van der Waals surface area contributed by atoms with Crippen LogP contribution < -0.4 is 16.9 Å². The van der Waals surface area contributed by atoms with Crippen LogP contribution in [0.2, 0.25) is 0 Å². The van der Waals surface area contributed by atoms with Gasteiger partial charge in [-0.3, -0.25) is 0 Å². The van der Waals surface area contributed by atoms with Crippen LogP contribution >= 0.6 is 0 Å². The van der Waals surface area contributed by atoms with Crippen LogP contribution in [0.5, 0.6) is 0 Å². The van der Waals surface area contributed by atoms with E-state index in [1.54, 1.807) is 0 Å². The van der Waals surface area contributed by atoms with E-state index in [0.29, 0.717) is 5.57 Å². The van der Waals surface area contributed by atoms with E-state index in [4.69, 9.17) is 15.7 Å². The van der Waals surface area contributed by atoms with E-state index in [1.165, 1.54) is 26.3 Å². The average Bonchev–Trinajstić information content (AvgIpc) is 2.78. The quantitative estimate of drug-likeness (QED) is 0.219. The maximum atomic E-state index is 13.8. The Morgan fingerprint density at radius 3 is 2.06 bits per heavy atom. The van der Waals surface area contributed by atoms with E-state index >= 15 is 0 Å². The second-order valence-corrected chi connectivity index (χ2v) is 5.74. The Labute approximate surface area is 192 Å². The monoisotopic (exact) mass is 482 g/mol. The van der Waals surface area contributed by atoms with Gasteiger partial charge in [0.15, 0.2) is 0 Å². The summed E-state index contributed by atoms with van der Waals surface area (Å²) in [6.07, 6.45) is -2.43. The first kappa shape index (κ1) is 32.5. The topological polar surface area (TPSA) is 96.8 Å². The fraction of sp³-hybridized carbons (Fsp3) is 0.455. The van der Waals surface area contributed by atoms with Crippen LogP contribution in [0.4, 0.5) is 22.0 Å². The van der Waals surface area contributed by atoms with Crippen LogP contribution in [0.1, 0.15) is 33.3 Å². The molecule has 6 nitrogen and oxygen atoms in total. The van der Waals surface area contributed by atoms with Gasteiger partial charge in [-0.2, -0.15) is 13.2 Å². The molecule has 0 saturated heterocycles. The van der Waals surface area contributed by atoms with Gasteiger partial charge in [-0.1, -0.05) is 39.8 Å². The standard InChI is InChI=1S/C17H18F5N3O.2C2H6.CH5NO/c1-25(23)14(7-6-10-12(18)4-3-5-13(10)19)11-9-24-16(17(20,21)22)8-15(11)26-2;2*1-2;2-1-3/h3-5,7-8,24H,6,9,23H2,1-2H3;2*1-2H3;3H,1-2H2/b14-7-;;;. The molecule has 1 aliphatic heterocycles. The minimum atomic E-state index is -4.55. The van der Waals surface area contributed by atoms with Crippen molar-refractivity contribution in [3.05, 3.63) is 70.3 Å². The van der Waals surface area contributed by atoms with E-state index in [9.17, 15) is 22.0 Å². The number of halogens is 5. The molecule has 33 heavy (non-hydrogen) atoms. The van der Waals surface area contributed by atoms with Gasteiger partial charge in [-0.25, -0.2) is 14.6 Å². The maximum absolute atomic E-state index is 13.8. The molecule has 6 N–H and O–H groups in total. The first-order chi connectivity index (χ1) is 15.6. The molecular weight excluding hydrogens is 447 g/mol. The molecular formula is C22H35F5N4O2. The van der Waals surface area contributed by atoms with E-state index < -0.39 is 23.5 Å². The summed E-state index contributed by atoms with van der Waals surface area (Å²) in [4.78, 5) is 0. The van der Waals surface area contributed by atoms with Gasteiger partial charge in [0.05, 0.1) is 19.5 Å². The molecule has 0 spiro atoms. The third-order valence-electron chi connectivity index (χ3n) is 3.80. The first-order valence-corrected chi connectivity index (χ1v) is 10.3. The van der Waals surface area contributed by atoms with E-state index in [2.05, 4.69) is 11.1 Å². The van der Waals surface area contributed by atoms with E-state index in [-0.39, 0.29) is 36.7 Å². The van der Waals surface area contributed by atoms with Crippen molar-refractivity contribution >= 4 is 0 Å². The SMILES string of the molecule is CC.CC.COC1=C(/C(=C/Cc2c(F)cccc2F)N(C)N)CNC(C(F)(F)F)=C1.NCO. The van der Waals surface area contributed by atoms with E-state index in [0.717, 1.165) is 23.2 Å². The molecule has 1 heterocycles. The second-order valence-electron chi connectivity index (χ2n) is 5.74. The highest BCUT2D eigenvalue weighted by Crippen LogP contribution is 2.30. The third-order valence-corrected chi connectivity index (χ3v) is 3.80. The number of aliphatic hydroxyl groups is 1. The number of hydrazine groups is 1. The number of likely N-dealkylation sites (N-methyl/N-ethyl adjacent to an activating group) is 1. The fourth-order valence-corrected chi connectivity index (χ4v) is 2.53. The van der Waals surface area contributed by atoms with Crippen LogP contribution in [0.3, 0.4) is 0 Å². The molecule has 0 radical (unpaired) electrons. The van der Waals surface area contributed by atoms with Gasteiger partial charge in [-0.05, 0) is 18.6 Å². The lowest BCUT2D eigenvalue weighted by atomic mass is 10.0. The predicted molar refractivity (Wildman–Crippen MR) is 120 cm³/mol. The van der Waals surface area contributed by atoms with Crippen molar-refractivity contribution < 1.29 is 31.8 Å². The molecule has 0 fully saturated rings. The lowest BCUT2D eigenvalue weighted by Gasteiger charge is -2.27. The molecule has 0 aliphatic carbocycles. The highest BCUT2D eigenvalue weighted by Gasteiger charge is 2.36. The number of nitrogens with zero attached hydrogens (tertiary/aromatic N) is 1. The zero-order chi connectivity index (χ0) is 26.2. The fourth-order valence-electron chi connectivity index (χ4n) is 2.53. The summed E-state index contributed by atoms with van der Waals surface area (Å²) in [5, 5.41) is 10.8. The van der Waals surface area contributed by atoms with Gasteiger partial charge in [0, 0.05) is 30.8 Å². The number of hydrogen-bond donors (Lipinski definition) is 4. The summed E-state index contributed by atoms with van der Waals surface area (Å²) in [5.41, 5.74) is 3.91.